The number of likely N-dealkylation sites (tertiary alicyclic amines) is 1. The van der Waals surface area contributed by atoms with Crippen molar-refractivity contribution in [3.63, 3.8) is 0 Å². The monoisotopic (exact) mass is 434 g/mol. The van der Waals surface area contributed by atoms with Crippen molar-refractivity contribution in [3.8, 4) is 11.3 Å². The lowest BCUT2D eigenvalue weighted by Gasteiger charge is -2.36. The van der Waals surface area contributed by atoms with E-state index in [2.05, 4.69) is 10.4 Å². The molecule has 1 aromatic carbocycles. The third-order valence-electron chi connectivity index (χ3n) is 5.01. The summed E-state index contributed by atoms with van der Waals surface area (Å²) in [5.74, 6) is -1.94. The molecule has 1 unspecified atom stereocenters. The van der Waals surface area contributed by atoms with Gasteiger partial charge in [-0.1, -0.05) is 0 Å². The summed E-state index contributed by atoms with van der Waals surface area (Å²) in [5, 5.41) is 7.01. The molecule has 1 saturated heterocycles. The van der Waals surface area contributed by atoms with Crippen LogP contribution in [0.2, 0.25) is 0 Å². The Morgan fingerprint density at radius 2 is 2.00 bits per heavy atom. The van der Waals surface area contributed by atoms with E-state index < -0.39 is 29.2 Å². The molecule has 3 rings (SSSR count). The van der Waals surface area contributed by atoms with E-state index in [-0.39, 0.29) is 29.4 Å². The van der Waals surface area contributed by atoms with Gasteiger partial charge in [-0.05, 0) is 52.2 Å². The number of halogens is 2. The largest absolute Gasteiger partial charge is 0.444 e. The Hall–Kier alpha value is -2.97. The minimum atomic E-state index is -0.795. The predicted molar refractivity (Wildman–Crippen MR) is 111 cm³/mol. The lowest BCUT2D eigenvalue weighted by atomic mass is 10.0. The number of aromatic nitrogens is 2. The molecule has 1 aliphatic rings. The lowest BCUT2D eigenvalue weighted by Crippen LogP contribution is -2.50. The number of carbonyl (C=O) groups is 2. The van der Waals surface area contributed by atoms with Gasteiger partial charge in [0.2, 0.25) is 0 Å². The number of ether oxygens (including phenoxy) is 1. The molecule has 168 valence electrons. The van der Waals surface area contributed by atoms with Gasteiger partial charge in [-0.25, -0.2) is 13.6 Å². The molecule has 0 radical (unpaired) electrons. The third kappa shape index (κ3) is 5.59. The van der Waals surface area contributed by atoms with E-state index in [9.17, 15) is 18.4 Å². The molecule has 0 aliphatic carbocycles. The number of hydrogen-bond acceptors (Lipinski definition) is 4. The van der Waals surface area contributed by atoms with Gasteiger partial charge in [0.05, 0.1) is 11.6 Å². The molecule has 1 N–H and O–H groups in total. The Bertz CT molecular complexity index is 968. The number of carbonyl (C=O) groups excluding carboxylic acids is 2. The van der Waals surface area contributed by atoms with Crippen LogP contribution in [0.4, 0.5) is 13.6 Å². The lowest BCUT2D eigenvalue weighted by molar-refractivity contribution is 0.00986. The number of rotatable bonds is 4. The van der Waals surface area contributed by atoms with Crippen molar-refractivity contribution < 1.29 is 23.1 Å². The number of nitrogens with one attached hydrogen (secondary N) is 1. The standard InChI is InChI=1S/C22H28F2N4O3/c1-22(2,3)31-21(30)28-10-6-5-7-15(28)12-25-20(29)17-13-27(4)26-19(17)16-9-8-14(23)11-18(16)24/h8-9,11,13,15H,5-7,10,12H2,1-4H3,(H,25,29). The van der Waals surface area contributed by atoms with Crippen LogP contribution in [0, 0.1) is 11.6 Å². The summed E-state index contributed by atoms with van der Waals surface area (Å²) < 4.78 is 34.4. The maximum absolute atomic E-state index is 14.3. The van der Waals surface area contributed by atoms with E-state index in [1.54, 1.807) is 11.9 Å². The summed E-state index contributed by atoms with van der Waals surface area (Å²) in [6.07, 6.45) is 3.65. The van der Waals surface area contributed by atoms with E-state index in [1.807, 2.05) is 20.8 Å². The number of amides is 2. The Morgan fingerprint density at radius 1 is 1.26 bits per heavy atom. The van der Waals surface area contributed by atoms with Gasteiger partial charge in [0.1, 0.15) is 22.9 Å². The van der Waals surface area contributed by atoms with Crippen molar-refractivity contribution >= 4 is 12.0 Å². The summed E-state index contributed by atoms with van der Waals surface area (Å²) in [6, 6.07) is 2.94. The highest BCUT2D eigenvalue weighted by Crippen LogP contribution is 2.26. The third-order valence-corrected chi connectivity index (χ3v) is 5.01. The highest BCUT2D eigenvalue weighted by Gasteiger charge is 2.31. The van der Waals surface area contributed by atoms with Crippen molar-refractivity contribution in [1.29, 1.82) is 0 Å². The second-order valence-electron chi connectivity index (χ2n) is 8.72. The van der Waals surface area contributed by atoms with Crippen LogP contribution >= 0.6 is 0 Å². The first-order chi connectivity index (χ1) is 14.5. The number of piperidine rings is 1. The Balaban J connectivity index is 1.74. The first-order valence-electron chi connectivity index (χ1n) is 10.3. The van der Waals surface area contributed by atoms with E-state index in [0.29, 0.717) is 6.54 Å². The zero-order valence-corrected chi connectivity index (χ0v) is 18.2. The van der Waals surface area contributed by atoms with Crippen LogP contribution < -0.4 is 5.32 Å². The van der Waals surface area contributed by atoms with Gasteiger partial charge < -0.3 is 15.0 Å². The summed E-state index contributed by atoms with van der Waals surface area (Å²) in [4.78, 5) is 27.1. The minimum Gasteiger partial charge on any atom is -0.444 e. The van der Waals surface area contributed by atoms with Gasteiger partial charge >= 0.3 is 6.09 Å². The molecule has 1 atom stereocenters. The van der Waals surface area contributed by atoms with E-state index in [4.69, 9.17) is 4.74 Å². The molecule has 1 aromatic heterocycles. The molecule has 0 spiro atoms. The molecule has 2 heterocycles. The number of hydrogen-bond donors (Lipinski definition) is 1. The van der Waals surface area contributed by atoms with Crippen molar-refractivity contribution in [1.82, 2.24) is 20.0 Å². The fourth-order valence-electron chi connectivity index (χ4n) is 3.61. The summed E-state index contributed by atoms with van der Waals surface area (Å²) >= 11 is 0. The van der Waals surface area contributed by atoms with Crippen LogP contribution in [0.25, 0.3) is 11.3 Å². The Labute approximate surface area is 180 Å². The molecule has 7 nitrogen and oxygen atoms in total. The maximum atomic E-state index is 14.3. The smallest absolute Gasteiger partial charge is 0.410 e. The molecule has 31 heavy (non-hydrogen) atoms. The quantitative estimate of drug-likeness (QED) is 0.792. The topological polar surface area (TPSA) is 76.5 Å². The summed E-state index contributed by atoms with van der Waals surface area (Å²) in [5.41, 5.74) is -0.260. The van der Waals surface area contributed by atoms with E-state index >= 15 is 0 Å². The second-order valence-corrected chi connectivity index (χ2v) is 8.72. The van der Waals surface area contributed by atoms with Crippen molar-refractivity contribution in [3.05, 3.63) is 41.6 Å². The Morgan fingerprint density at radius 3 is 2.68 bits per heavy atom. The fourth-order valence-corrected chi connectivity index (χ4v) is 3.61. The fraction of sp³-hybridized carbons (Fsp3) is 0.500. The van der Waals surface area contributed by atoms with Gasteiger partial charge in [0, 0.05) is 38.0 Å². The maximum Gasteiger partial charge on any atom is 0.410 e. The number of nitrogens with zero attached hydrogens (tertiary/aromatic N) is 3. The highest BCUT2D eigenvalue weighted by atomic mass is 19.1. The second kappa shape index (κ2) is 9.03. The van der Waals surface area contributed by atoms with E-state index in [1.165, 1.54) is 16.9 Å². The summed E-state index contributed by atoms with van der Waals surface area (Å²) in [7, 11) is 1.62. The van der Waals surface area contributed by atoms with Gasteiger partial charge in [-0.15, -0.1) is 0 Å². The molecule has 2 aromatic rings. The van der Waals surface area contributed by atoms with Crippen LogP contribution in [0.15, 0.2) is 24.4 Å². The Kier molecular flexibility index (Phi) is 6.62. The molecule has 1 aliphatic heterocycles. The average molecular weight is 434 g/mol. The van der Waals surface area contributed by atoms with Crippen molar-refractivity contribution in [2.75, 3.05) is 13.1 Å². The molecule has 0 saturated carbocycles. The van der Waals surface area contributed by atoms with Crippen LogP contribution in [0.5, 0.6) is 0 Å². The average Bonchev–Trinajstić information content (AvgIpc) is 3.06. The van der Waals surface area contributed by atoms with Crippen LogP contribution in [0.1, 0.15) is 50.4 Å². The number of benzene rings is 1. The minimum absolute atomic E-state index is 0.0418. The molecule has 9 heteroatoms. The van der Waals surface area contributed by atoms with Crippen molar-refractivity contribution in [2.45, 2.75) is 51.7 Å². The predicted octanol–water partition coefficient (Wildman–Crippen LogP) is 3.88. The van der Waals surface area contributed by atoms with Gasteiger partial charge in [-0.2, -0.15) is 5.10 Å². The molecular formula is C22H28F2N4O3. The van der Waals surface area contributed by atoms with Crippen molar-refractivity contribution in [2.24, 2.45) is 7.05 Å². The normalized spacial score (nSPS) is 16.8. The first kappa shape index (κ1) is 22.7. The zero-order valence-electron chi connectivity index (χ0n) is 18.2. The van der Waals surface area contributed by atoms with Gasteiger partial charge in [0.25, 0.3) is 5.91 Å². The van der Waals surface area contributed by atoms with Crippen LogP contribution in [-0.4, -0.2) is 51.4 Å². The zero-order chi connectivity index (χ0) is 22.8. The summed E-state index contributed by atoms with van der Waals surface area (Å²) in [6.45, 7) is 6.23. The molecule has 1 fully saturated rings. The molecule has 0 bridgehead atoms. The van der Waals surface area contributed by atoms with Gasteiger partial charge in [-0.3, -0.25) is 9.48 Å². The highest BCUT2D eigenvalue weighted by molar-refractivity contribution is 5.99. The van der Waals surface area contributed by atoms with Gasteiger partial charge in [0.15, 0.2) is 0 Å². The van der Waals surface area contributed by atoms with E-state index in [0.717, 1.165) is 31.4 Å². The first-order valence-corrected chi connectivity index (χ1v) is 10.3. The number of aryl methyl sites for hydroxylation is 1. The SMILES string of the molecule is Cn1cc(C(=O)NCC2CCCCN2C(=O)OC(C)(C)C)c(-c2ccc(F)cc2F)n1. The van der Waals surface area contributed by atoms with Crippen LogP contribution in [-0.2, 0) is 11.8 Å². The molecule has 2 amide bonds. The van der Waals surface area contributed by atoms with Crippen LogP contribution in [0.3, 0.4) is 0 Å². The molecular weight excluding hydrogens is 406 g/mol.